The van der Waals surface area contributed by atoms with E-state index in [4.69, 9.17) is 31.5 Å². The molecule has 0 saturated heterocycles. The van der Waals surface area contributed by atoms with E-state index in [1.807, 2.05) is 50.2 Å². The molecule has 1 atom stereocenters. The van der Waals surface area contributed by atoms with Crippen LogP contribution in [0.3, 0.4) is 0 Å². The highest BCUT2D eigenvalue weighted by Gasteiger charge is 2.45. The SMILES string of the molecule is COC(=O)C1=C(N)OC2=C(C(=O)CC(C)(C)C2)[C@@H]1c1ccccc1OCc1ccccc1Cl. The van der Waals surface area contributed by atoms with Crippen molar-refractivity contribution in [2.45, 2.75) is 39.2 Å². The number of Topliss-reactive ketones (excluding diaryl/α,β-unsaturated/α-hetero) is 1. The summed E-state index contributed by atoms with van der Waals surface area (Å²) < 4.78 is 17.0. The standard InChI is InChI=1S/C26H26ClNO5/c1-26(2)12-18(29)22-20(13-26)33-24(28)23(25(30)31-3)21(22)16-9-5-7-11-19(16)32-14-15-8-4-6-10-17(15)27/h4-11,21H,12-14,28H2,1-3H3/t21-/m0/s1. The first-order valence-electron chi connectivity index (χ1n) is 10.7. The maximum atomic E-state index is 13.3. The molecule has 1 aliphatic carbocycles. The lowest BCUT2D eigenvalue weighted by Gasteiger charge is -2.38. The van der Waals surface area contributed by atoms with Gasteiger partial charge in [-0.15, -0.1) is 0 Å². The lowest BCUT2D eigenvalue weighted by molar-refractivity contribution is -0.136. The van der Waals surface area contributed by atoms with Crippen LogP contribution < -0.4 is 10.5 Å². The van der Waals surface area contributed by atoms with Gasteiger partial charge in [0.25, 0.3) is 0 Å². The minimum Gasteiger partial charge on any atom is -0.489 e. The molecule has 172 valence electrons. The van der Waals surface area contributed by atoms with Gasteiger partial charge in [-0.1, -0.05) is 61.8 Å². The third-order valence-corrected chi connectivity index (χ3v) is 6.30. The quantitative estimate of drug-likeness (QED) is 0.621. The zero-order valence-corrected chi connectivity index (χ0v) is 19.6. The summed E-state index contributed by atoms with van der Waals surface area (Å²) in [5.74, 6) is -0.539. The molecular formula is C26H26ClNO5. The highest BCUT2D eigenvalue weighted by molar-refractivity contribution is 6.31. The van der Waals surface area contributed by atoms with E-state index < -0.39 is 11.9 Å². The topological polar surface area (TPSA) is 87.9 Å². The number of benzene rings is 2. The number of hydrogen-bond donors (Lipinski definition) is 1. The molecule has 0 spiro atoms. The average molecular weight is 468 g/mol. The van der Waals surface area contributed by atoms with Gasteiger partial charge in [0.2, 0.25) is 5.88 Å². The maximum Gasteiger partial charge on any atom is 0.340 e. The van der Waals surface area contributed by atoms with Gasteiger partial charge in [0.1, 0.15) is 23.7 Å². The molecule has 6 nitrogen and oxygen atoms in total. The summed E-state index contributed by atoms with van der Waals surface area (Å²) in [6.07, 6.45) is 0.866. The highest BCUT2D eigenvalue weighted by atomic mass is 35.5. The number of carbonyl (C=O) groups is 2. The smallest absolute Gasteiger partial charge is 0.340 e. The van der Waals surface area contributed by atoms with Crippen LogP contribution in [0.15, 0.2) is 71.3 Å². The molecule has 33 heavy (non-hydrogen) atoms. The van der Waals surface area contributed by atoms with Crippen LogP contribution in [0.1, 0.15) is 43.7 Å². The number of esters is 1. The van der Waals surface area contributed by atoms with E-state index in [2.05, 4.69) is 0 Å². The molecule has 0 radical (unpaired) electrons. The Labute approximate surface area is 198 Å². The van der Waals surface area contributed by atoms with Gasteiger partial charge in [-0.3, -0.25) is 4.79 Å². The van der Waals surface area contributed by atoms with Crippen LogP contribution in [0.25, 0.3) is 0 Å². The molecule has 0 amide bonds. The Bertz CT molecular complexity index is 1180. The Morgan fingerprint density at radius 3 is 2.58 bits per heavy atom. The number of nitrogens with two attached hydrogens (primary N) is 1. The molecule has 2 aromatic rings. The second kappa shape index (κ2) is 8.94. The third-order valence-electron chi connectivity index (χ3n) is 5.93. The Kier molecular flexibility index (Phi) is 6.21. The van der Waals surface area contributed by atoms with E-state index in [-0.39, 0.29) is 29.3 Å². The number of methoxy groups -OCH3 is 1. The Morgan fingerprint density at radius 1 is 1.15 bits per heavy atom. The molecule has 1 heterocycles. The zero-order valence-electron chi connectivity index (χ0n) is 18.8. The Balaban J connectivity index is 1.81. The van der Waals surface area contributed by atoms with Crippen LogP contribution in [-0.2, 0) is 25.7 Å². The molecule has 0 fully saturated rings. The monoisotopic (exact) mass is 467 g/mol. The average Bonchev–Trinajstić information content (AvgIpc) is 2.76. The first-order valence-corrected chi connectivity index (χ1v) is 11.1. The molecule has 2 aliphatic rings. The summed E-state index contributed by atoms with van der Waals surface area (Å²) >= 11 is 6.28. The van der Waals surface area contributed by atoms with Crippen LogP contribution in [0, 0.1) is 5.41 Å². The van der Waals surface area contributed by atoms with E-state index in [1.165, 1.54) is 7.11 Å². The molecule has 7 heteroatoms. The number of carbonyl (C=O) groups excluding carboxylic acids is 2. The molecule has 2 aromatic carbocycles. The molecule has 0 unspecified atom stereocenters. The zero-order chi connectivity index (χ0) is 23.8. The Hall–Kier alpha value is -3.25. The predicted molar refractivity (Wildman–Crippen MR) is 124 cm³/mol. The summed E-state index contributed by atoms with van der Waals surface area (Å²) in [5.41, 5.74) is 7.92. The van der Waals surface area contributed by atoms with Crippen molar-refractivity contribution in [3.8, 4) is 5.75 Å². The second-order valence-electron chi connectivity index (χ2n) is 9.00. The van der Waals surface area contributed by atoms with Crippen molar-refractivity contribution in [1.29, 1.82) is 0 Å². The molecular weight excluding hydrogens is 442 g/mol. The molecule has 2 N–H and O–H groups in total. The first kappa shape index (κ1) is 22.9. The van der Waals surface area contributed by atoms with Gasteiger partial charge in [-0.25, -0.2) is 4.79 Å². The van der Waals surface area contributed by atoms with Crippen LogP contribution in [-0.4, -0.2) is 18.9 Å². The number of ether oxygens (including phenoxy) is 3. The van der Waals surface area contributed by atoms with Crippen molar-refractivity contribution in [3.63, 3.8) is 0 Å². The number of para-hydroxylation sites is 1. The first-order chi connectivity index (χ1) is 15.7. The summed E-state index contributed by atoms with van der Waals surface area (Å²) in [5, 5.41) is 0.593. The van der Waals surface area contributed by atoms with Crippen molar-refractivity contribution in [3.05, 3.63) is 87.5 Å². The number of allylic oxidation sites excluding steroid dienone is 2. The summed E-state index contributed by atoms with van der Waals surface area (Å²) in [4.78, 5) is 26.1. The van der Waals surface area contributed by atoms with E-state index >= 15 is 0 Å². The van der Waals surface area contributed by atoms with Gasteiger partial charge < -0.3 is 19.9 Å². The fraction of sp³-hybridized carbons (Fsp3) is 0.308. The van der Waals surface area contributed by atoms with Crippen molar-refractivity contribution < 1.29 is 23.8 Å². The largest absolute Gasteiger partial charge is 0.489 e. The number of ketones is 1. The molecule has 0 bridgehead atoms. The van der Waals surface area contributed by atoms with Crippen LogP contribution in [0.2, 0.25) is 5.02 Å². The summed E-state index contributed by atoms with van der Waals surface area (Å²) in [7, 11) is 1.27. The van der Waals surface area contributed by atoms with Crippen molar-refractivity contribution in [2.24, 2.45) is 11.1 Å². The second-order valence-corrected chi connectivity index (χ2v) is 9.41. The highest BCUT2D eigenvalue weighted by Crippen LogP contribution is 2.49. The maximum absolute atomic E-state index is 13.3. The predicted octanol–water partition coefficient (Wildman–Crippen LogP) is 5.02. The fourth-order valence-corrected chi connectivity index (χ4v) is 4.62. The van der Waals surface area contributed by atoms with Gasteiger partial charge in [0.05, 0.1) is 13.0 Å². The minimum absolute atomic E-state index is 0.0583. The van der Waals surface area contributed by atoms with E-state index in [0.717, 1.165) is 5.56 Å². The Morgan fingerprint density at radius 2 is 1.85 bits per heavy atom. The van der Waals surface area contributed by atoms with Gasteiger partial charge in [0, 0.05) is 34.6 Å². The molecule has 0 aromatic heterocycles. The van der Waals surface area contributed by atoms with Gasteiger partial charge >= 0.3 is 5.97 Å². The minimum atomic E-state index is -0.757. The van der Waals surface area contributed by atoms with Crippen LogP contribution in [0.5, 0.6) is 5.75 Å². The van der Waals surface area contributed by atoms with Crippen LogP contribution >= 0.6 is 11.6 Å². The van der Waals surface area contributed by atoms with E-state index in [9.17, 15) is 9.59 Å². The number of rotatable bonds is 5. The number of hydrogen-bond acceptors (Lipinski definition) is 6. The van der Waals surface area contributed by atoms with Gasteiger partial charge in [-0.2, -0.15) is 0 Å². The van der Waals surface area contributed by atoms with E-state index in [0.29, 0.717) is 40.5 Å². The van der Waals surface area contributed by atoms with Gasteiger partial charge in [0.15, 0.2) is 5.78 Å². The lowest BCUT2D eigenvalue weighted by atomic mass is 9.70. The van der Waals surface area contributed by atoms with Crippen LogP contribution in [0.4, 0.5) is 0 Å². The summed E-state index contributed by atoms with van der Waals surface area (Å²) in [6.45, 7) is 4.23. The molecule has 1 aliphatic heterocycles. The third kappa shape index (κ3) is 4.48. The van der Waals surface area contributed by atoms with Gasteiger partial charge in [-0.05, 0) is 17.5 Å². The fourth-order valence-electron chi connectivity index (χ4n) is 4.43. The van der Waals surface area contributed by atoms with E-state index in [1.54, 1.807) is 12.1 Å². The lowest BCUT2D eigenvalue weighted by Crippen LogP contribution is -2.35. The molecule has 4 rings (SSSR count). The van der Waals surface area contributed by atoms with Crippen molar-refractivity contribution in [1.82, 2.24) is 0 Å². The van der Waals surface area contributed by atoms with Crippen molar-refractivity contribution in [2.75, 3.05) is 7.11 Å². The molecule has 0 saturated carbocycles. The normalized spacial score (nSPS) is 19.6. The summed E-state index contributed by atoms with van der Waals surface area (Å²) in [6, 6.07) is 14.7. The van der Waals surface area contributed by atoms with Crippen molar-refractivity contribution >= 4 is 23.4 Å². The number of halogens is 1.